The van der Waals surface area contributed by atoms with E-state index < -0.39 is 0 Å². The van der Waals surface area contributed by atoms with Crippen LogP contribution in [0.15, 0.2) is 36.0 Å². The number of nitrogens with one attached hydrogen (secondary N) is 1. The molecular formula is C17H19N5S. The Labute approximate surface area is 139 Å². The van der Waals surface area contributed by atoms with Crippen LogP contribution in [0.4, 0.5) is 0 Å². The molecule has 5 nitrogen and oxygen atoms in total. The smallest absolute Gasteiger partial charge is 0.132 e. The Bertz CT molecular complexity index is 780. The van der Waals surface area contributed by atoms with Gasteiger partial charge in [-0.2, -0.15) is 5.10 Å². The van der Waals surface area contributed by atoms with Gasteiger partial charge in [0.1, 0.15) is 5.82 Å². The summed E-state index contributed by atoms with van der Waals surface area (Å²) in [6.07, 6.45) is 4.94. The molecule has 1 aliphatic rings. The maximum Gasteiger partial charge on any atom is 0.132 e. The Balaban J connectivity index is 1.46. The van der Waals surface area contributed by atoms with E-state index in [2.05, 4.69) is 42.6 Å². The first-order chi connectivity index (χ1) is 11.3. The molecule has 0 aromatic carbocycles. The summed E-state index contributed by atoms with van der Waals surface area (Å²) in [5, 5.41) is 9.48. The minimum atomic E-state index is 0.437. The lowest BCUT2D eigenvalue weighted by Crippen LogP contribution is -2.20. The number of aromatic amines is 1. The van der Waals surface area contributed by atoms with E-state index in [0.717, 1.165) is 43.3 Å². The fraction of sp³-hybridized carbons (Fsp3) is 0.353. The van der Waals surface area contributed by atoms with Gasteiger partial charge in [0.15, 0.2) is 0 Å². The van der Waals surface area contributed by atoms with Crippen molar-refractivity contribution in [2.45, 2.75) is 25.8 Å². The van der Waals surface area contributed by atoms with Crippen LogP contribution in [0, 0.1) is 6.92 Å². The molecule has 0 amide bonds. The number of nitrogens with zero attached hydrogens (tertiary/aromatic N) is 4. The maximum atomic E-state index is 4.59. The molecule has 3 aromatic rings. The summed E-state index contributed by atoms with van der Waals surface area (Å²) in [7, 11) is 0. The van der Waals surface area contributed by atoms with Gasteiger partial charge in [-0.3, -0.25) is 10.00 Å². The van der Waals surface area contributed by atoms with Gasteiger partial charge >= 0.3 is 0 Å². The van der Waals surface area contributed by atoms with Crippen LogP contribution in [-0.2, 0) is 6.54 Å². The van der Waals surface area contributed by atoms with Crippen molar-refractivity contribution >= 4 is 11.3 Å². The van der Waals surface area contributed by atoms with Crippen LogP contribution in [-0.4, -0.2) is 38.2 Å². The van der Waals surface area contributed by atoms with Crippen molar-refractivity contribution in [3.05, 3.63) is 53.1 Å². The van der Waals surface area contributed by atoms with Crippen molar-refractivity contribution in [1.82, 2.24) is 25.1 Å². The van der Waals surface area contributed by atoms with Gasteiger partial charge in [-0.25, -0.2) is 9.97 Å². The molecule has 23 heavy (non-hydrogen) atoms. The summed E-state index contributed by atoms with van der Waals surface area (Å²) >= 11 is 1.74. The fourth-order valence-electron chi connectivity index (χ4n) is 3.16. The van der Waals surface area contributed by atoms with Crippen molar-refractivity contribution in [1.29, 1.82) is 0 Å². The third-order valence-corrected chi connectivity index (χ3v) is 5.22. The highest BCUT2D eigenvalue weighted by atomic mass is 32.1. The molecule has 1 aliphatic heterocycles. The number of hydrogen-bond donors (Lipinski definition) is 1. The molecule has 4 heterocycles. The van der Waals surface area contributed by atoms with E-state index in [9.17, 15) is 0 Å². The third kappa shape index (κ3) is 3.04. The summed E-state index contributed by atoms with van der Waals surface area (Å²) in [6.45, 7) is 5.04. The van der Waals surface area contributed by atoms with Crippen molar-refractivity contribution < 1.29 is 0 Å². The molecule has 0 saturated carbocycles. The second-order valence-electron chi connectivity index (χ2n) is 6.02. The zero-order chi connectivity index (χ0) is 15.6. The van der Waals surface area contributed by atoms with E-state index in [1.807, 2.05) is 25.4 Å². The van der Waals surface area contributed by atoms with Crippen molar-refractivity contribution in [3.63, 3.8) is 0 Å². The molecule has 6 heteroatoms. The number of likely N-dealkylation sites (tertiary alicyclic amines) is 1. The van der Waals surface area contributed by atoms with Gasteiger partial charge < -0.3 is 0 Å². The highest BCUT2D eigenvalue weighted by Gasteiger charge is 2.26. The number of rotatable bonds is 4. The molecule has 1 atom stereocenters. The Hall–Kier alpha value is -2.05. The second kappa shape index (κ2) is 6.22. The monoisotopic (exact) mass is 325 g/mol. The molecule has 0 aliphatic carbocycles. The molecule has 1 N–H and O–H groups in total. The van der Waals surface area contributed by atoms with Gasteiger partial charge in [-0.1, -0.05) is 6.07 Å². The van der Waals surface area contributed by atoms with E-state index >= 15 is 0 Å². The molecule has 1 unspecified atom stereocenters. The van der Waals surface area contributed by atoms with Crippen molar-refractivity contribution in [3.8, 4) is 10.6 Å². The highest BCUT2D eigenvalue weighted by molar-refractivity contribution is 7.13. The summed E-state index contributed by atoms with van der Waals surface area (Å²) in [5.74, 6) is 1.42. The zero-order valence-electron chi connectivity index (χ0n) is 13.1. The largest absolute Gasteiger partial charge is 0.298 e. The number of hydrogen-bond acceptors (Lipinski definition) is 5. The minimum Gasteiger partial charge on any atom is -0.298 e. The van der Waals surface area contributed by atoms with Gasteiger partial charge in [-0.05, 0) is 37.4 Å². The molecule has 118 valence electrons. The number of aromatic nitrogens is 4. The minimum absolute atomic E-state index is 0.437. The summed E-state index contributed by atoms with van der Waals surface area (Å²) in [6, 6.07) is 6.16. The molecule has 0 radical (unpaired) electrons. The molecule has 0 bridgehead atoms. The molecule has 1 fully saturated rings. The Morgan fingerprint density at radius 3 is 3.17 bits per heavy atom. The Kier molecular flexibility index (Phi) is 3.93. The van der Waals surface area contributed by atoms with Gasteiger partial charge in [0.25, 0.3) is 0 Å². The molecular weight excluding hydrogens is 306 g/mol. The van der Waals surface area contributed by atoms with Crippen molar-refractivity contribution in [2.24, 2.45) is 0 Å². The highest BCUT2D eigenvalue weighted by Crippen LogP contribution is 2.30. The normalized spacial score (nSPS) is 18.6. The van der Waals surface area contributed by atoms with Gasteiger partial charge in [0, 0.05) is 36.5 Å². The van der Waals surface area contributed by atoms with Crippen LogP contribution < -0.4 is 0 Å². The van der Waals surface area contributed by atoms with Crippen LogP contribution in [0.1, 0.15) is 29.4 Å². The predicted molar refractivity (Wildman–Crippen MR) is 91.3 cm³/mol. The SMILES string of the molecule is Cc1ccnc(C2CCN(Cc3cn[nH]c3-c3cccs3)C2)n1. The first-order valence-corrected chi connectivity index (χ1v) is 8.75. The fourth-order valence-corrected chi connectivity index (χ4v) is 3.91. The van der Waals surface area contributed by atoms with E-state index in [4.69, 9.17) is 0 Å². The predicted octanol–water partition coefficient (Wildman–Crippen LogP) is 3.23. The van der Waals surface area contributed by atoms with Gasteiger partial charge in [0.2, 0.25) is 0 Å². The number of thiophene rings is 1. The van der Waals surface area contributed by atoms with E-state index in [1.54, 1.807) is 11.3 Å². The van der Waals surface area contributed by atoms with E-state index in [-0.39, 0.29) is 0 Å². The Morgan fingerprint density at radius 2 is 2.35 bits per heavy atom. The van der Waals surface area contributed by atoms with Gasteiger partial charge in [0.05, 0.1) is 16.8 Å². The standard InChI is InChI=1S/C17H19N5S/c1-12-4-6-18-17(20-12)13-5-7-22(10-13)11-14-9-19-21-16(14)15-3-2-8-23-15/h2-4,6,8-9,13H,5,7,10-11H2,1H3,(H,19,21). The average molecular weight is 325 g/mol. The van der Waals surface area contributed by atoms with Crippen LogP contribution in [0.3, 0.4) is 0 Å². The second-order valence-corrected chi connectivity index (χ2v) is 6.97. The molecule has 1 saturated heterocycles. The van der Waals surface area contributed by atoms with E-state index in [0.29, 0.717) is 5.92 Å². The lowest BCUT2D eigenvalue weighted by Gasteiger charge is -2.15. The molecule has 3 aromatic heterocycles. The number of aryl methyl sites for hydroxylation is 1. The van der Waals surface area contributed by atoms with Gasteiger partial charge in [-0.15, -0.1) is 11.3 Å². The lowest BCUT2D eigenvalue weighted by molar-refractivity contribution is 0.326. The lowest BCUT2D eigenvalue weighted by atomic mass is 10.1. The van der Waals surface area contributed by atoms with Crippen LogP contribution in [0.5, 0.6) is 0 Å². The van der Waals surface area contributed by atoms with Crippen LogP contribution in [0.2, 0.25) is 0 Å². The summed E-state index contributed by atoms with van der Waals surface area (Å²) in [4.78, 5) is 12.8. The first-order valence-electron chi connectivity index (χ1n) is 7.87. The number of H-pyrrole nitrogens is 1. The Morgan fingerprint density at radius 1 is 1.39 bits per heavy atom. The zero-order valence-corrected chi connectivity index (χ0v) is 13.9. The van der Waals surface area contributed by atoms with E-state index in [1.165, 1.54) is 10.4 Å². The van der Waals surface area contributed by atoms with Crippen LogP contribution >= 0.6 is 11.3 Å². The summed E-state index contributed by atoms with van der Waals surface area (Å²) < 4.78 is 0. The average Bonchev–Trinajstić information content (AvgIpc) is 3.29. The van der Waals surface area contributed by atoms with Crippen molar-refractivity contribution in [2.75, 3.05) is 13.1 Å². The molecule has 0 spiro atoms. The van der Waals surface area contributed by atoms with Crippen LogP contribution in [0.25, 0.3) is 10.6 Å². The molecule has 4 rings (SSSR count). The third-order valence-electron chi connectivity index (χ3n) is 4.33. The first kappa shape index (κ1) is 14.5. The maximum absolute atomic E-state index is 4.59. The topological polar surface area (TPSA) is 57.7 Å². The summed E-state index contributed by atoms with van der Waals surface area (Å²) in [5.41, 5.74) is 3.46. The quantitative estimate of drug-likeness (QED) is 0.800.